The first-order chi connectivity index (χ1) is 11.6. The maximum Gasteiger partial charge on any atom is 0.277 e. The number of hydrazone groups is 1. The van der Waals surface area contributed by atoms with Crippen molar-refractivity contribution in [1.29, 1.82) is 0 Å². The first-order valence-electron chi connectivity index (χ1n) is 7.53. The van der Waals surface area contributed by atoms with Crippen molar-refractivity contribution in [3.05, 3.63) is 53.1 Å². The monoisotopic (exact) mass is 326 g/mol. The quantitative estimate of drug-likeness (QED) is 0.677. The van der Waals surface area contributed by atoms with E-state index in [2.05, 4.69) is 10.5 Å². The van der Waals surface area contributed by atoms with Crippen LogP contribution in [0.4, 0.5) is 0 Å². The molecule has 0 unspecified atom stereocenters. The SMILES string of the molecule is Cc1ccc(C)c(OCC(=O)N/N=C\c2ccc3c(c2)OCO3)c1. The number of ether oxygens (including phenoxy) is 3. The van der Waals surface area contributed by atoms with E-state index < -0.39 is 0 Å². The molecule has 1 N–H and O–H groups in total. The third-order valence-corrected chi connectivity index (χ3v) is 3.50. The molecule has 0 fully saturated rings. The number of fused-ring (bicyclic) bond motifs is 1. The molecule has 1 heterocycles. The van der Waals surface area contributed by atoms with Crippen molar-refractivity contribution < 1.29 is 19.0 Å². The van der Waals surface area contributed by atoms with Gasteiger partial charge in [0.2, 0.25) is 6.79 Å². The molecule has 0 saturated heterocycles. The van der Waals surface area contributed by atoms with Gasteiger partial charge in [0.25, 0.3) is 5.91 Å². The van der Waals surface area contributed by atoms with Crippen LogP contribution in [0.25, 0.3) is 0 Å². The number of amides is 1. The molecule has 0 aromatic heterocycles. The van der Waals surface area contributed by atoms with Gasteiger partial charge >= 0.3 is 0 Å². The molecule has 1 aliphatic heterocycles. The van der Waals surface area contributed by atoms with E-state index in [1.807, 2.05) is 38.1 Å². The summed E-state index contributed by atoms with van der Waals surface area (Å²) in [7, 11) is 0. The summed E-state index contributed by atoms with van der Waals surface area (Å²) < 4.78 is 16.0. The van der Waals surface area contributed by atoms with Crippen LogP contribution in [0.3, 0.4) is 0 Å². The van der Waals surface area contributed by atoms with Crippen LogP contribution < -0.4 is 19.6 Å². The van der Waals surface area contributed by atoms with Gasteiger partial charge in [0.05, 0.1) is 6.21 Å². The fourth-order valence-electron chi connectivity index (χ4n) is 2.21. The minimum Gasteiger partial charge on any atom is -0.483 e. The number of hydrogen-bond donors (Lipinski definition) is 1. The molecule has 0 radical (unpaired) electrons. The Labute approximate surface area is 140 Å². The summed E-state index contributed by atoms with van der Waals surface area (Å²) in [5.74, 6) is 1.75. The number of benzene rings is 2. The van der Waals surface area contributed by atoms with Crippen LogP contribution in [0.2, 0.25) is 0 Å². The average molecular weight is 326 g/mol. The highest BCUT2D eigenvalue weighted by Crippen LogP contribution is 2.31. The summed E-state index contributed by atoms with van der Waals surface area (Å²) in [4.78, 5) is 11.8. The van der Waals surface area contributed by atoms with Crippen molar-refractivity contribution in [3.63, 3.8) is 0 Å². The van der Waals surface area contributed by atoms with Gasteiger partial charge in [-0.2, -0.15) is 5.10 Å². The molecule has 2 aromatic rings. The van der Waals surface area contributed by atoms with E-state index in [0.29, 0.717) is 17.2 Å². The molecular weight excluding hydrogens is 308 g/mol. The van der Waals surface area contributed by atoms with Crippen LogP contribution >= 0.6 is 0 Å². The molecule has 6 heteroatoms. The second-order valence-corrected chi connectivity index (χ2v) is 5.46. The summed E-state index contributed by atoms with van der Waals surface area (Å²) >= 11 is 0. The lowest BCUT2D eigenvalue weighted by atomic mass is 10.1. The van der Waals surface area contributed by atoms with E-state index in [9.17, 15) is 4.79 Å². The van der Waals surface area contributed by atoms with E-state index in [1.165, 1.54) is 6.21 Å². The Morgan fingerprint density at radius 3 is 2.92 bits per heavy atom. The van der Waals surface area contributed by atoms with Gasteiger partial charge in [-0.15, -0.1) is 0 Å². The molecule has 0 spiro atoms. The largest absolute Gasteiger partial charge is 0.483 e. The molecule has 6 nitrogen and oxygen atoms in total. The first kappa shape index (κ1) is 15.9. The molecule has 3 rings (SSSR count). The highest BCUT2D eigenvalue weighted by molar-refractivity contribution is 5.83. The molecule has 2 aromatic carbocycles. The Balaban J connectivity index is 1.51. The van der Waals surface area contributed by atoms with Crippen LogP contribution in [0.15, 0.2) is 41.5 Å². The Bertz CT molecular complexity index is 787. The fraction of sp³-hybridized carbons (Fsp3) is 0.222. The van der Waals surface area contributed by atoms with Crippen LogP contribution in [0.5, 0.6) is 17.2 Å². The van der Waals surface area contributed by atoms with E-state index in [1.54, 1.807) is 12.1 Å². The highest BCUT2D eigenvalue weighted by atomic mass is 16.7. The second-order valence-electron chi connectivity index (χ2n) is 5.46. The molecule has 24 heavy (non-hydrogen) atoms. The Morgan fingerprint density at radius 2 is 2.04 bits per heavy atom. The number of nitrogens with one attached hydrogen (secondary N) is 1. The van der Waals surface area contributed by atoms with Crippen molar-refractivity contribution in [2.45, 2.75) is 13.8 Å². The molecule has 1 amide bonds. The predicted molar refractivity (Wildman–Crippen MR) is 89.7 cm³/mol. The van der Waals surface area contributed by atoms with E-state index >= 15 is 0 Å². The maximum absolute atomic E-state index is 11.8. The van der Waals surface area contributed by atoms with Crippen LogP contribution in [-0.2, 0) is 4.79 Å². The molecule has 0 atom stereocenters. The lowest BCUT2D eigenvalue weighted by molar-refractivity contribution is -0.123. The number of carbonyl (C=O) groups is 1. The maximum atomic E-state index is 11.8. The summed E-state index contributed by atoms with van der Waals surface area (Å²) in [5, 5.41) is 3.92. The summed E-state index contributed by atoms with van der Waals surface area (Å²) in [6.45, 7) is 4.04. The van der Waals surface area contributed by atoms with E-state index in [0.717, 1.165) is 16.7 Å². The van der Waals surface area contributed by atoms with Gasteiger partial charge in [0, 0.05) is 0 Å². The lowest BCUT2D eigenvalue weighted by Gasteiger charge is -2.08. The first-order valence-corrected chi connectivity index (χ1v) is 7.53. The second kappa shape index (κ2) is 7.04. The van der Waals surface area contributed by atoms with Crippen LogP contribution in [0.1, 0.15) is 16.7 Å². The van der Waals surface area contributed by atoms with Gasteiger partial charge in [-0.25, -0.2) is 5.43 Å². The zero-order valence-corrected chi connectivity index (χ0v) is 13.5. The van der Waals surface area contributed by atoms with Crippen molar-refractivity contribution in [3.8, 4) is 17.2 Å². The zero-order chi connectivity index (χ0) is 16.9. The lowest BCUT2D eigenvalue weighted by Crippen LogP contribution is -2.24. The molecule has 0 saturated carbocycles. The zero-order valence-electron chi connectivity index (χ0n) is 13.5. The minimum absolute atomic E-state index is 0.0945. The topological polar surface area (TPSA) is 69.2 Å². The molecule has 0 bridgehead atoms. The summed E-state index contributed by atoms with van der Waals surface area (Å²) in [5.41, 5.74) is 5.30. The highest BCUT2D eigenvalue weighted by Gasteiger charge is 2.12. The van der Waals surface area contributed by atoms with Crippen molar-refractivity contribution in [2.75, 3.05) is 13.4 Å². The molecule has 1 aliphatic rings. The standard InChI is InChI=1S/C18H18N2O4/c1-12-3-4-13(2)16(7-12)22-10-18(21)20-19-9-14-5-6-15-17(8-14)24-11-23-15/h3-9H,10-11H2,1-2H3,(H,20,21)/b19-9-. The average Bonchev–Trinajstić information content (AvgIpc) is 3.03. The summed E-state index contributed by atoms with van der Waals surface area (Å²) in [6, 6.07) is 11.3. The van der Waals surface area contributed by atoms with Gasteiger partial charge in [-0.05, 0) is 54.8 Å². The molecule has 0 aliphatic carbocycles. The van der Waals surface area contributed by atoms with E-state index in [-0.39, 0.29) is 19.3 Å². The Kier molecular flexibility index (Phi) is 4.65. The number of aryl methyl sites for hydroxylation is 2. The molecule has 124 valence electrons. The Morgan fingerprint density at radius 1 is 1.21 bits per heavy atom. The number of nitrogens with zero attached hydrogens (tertiary/aromatic N) is 1. The normalized spacial score (nSPS) is 12.4. The fourth-order valence-corrected chi connectivity index (χ4v) is 2.21. The molecular formula is C18H18N2O4. The van der Waals surface area contributed by atoms with Crippen molar-refractivity contribution >= 4 is 12.1 Å². The van der Waals surface area contributed by atoms with E-state index in [4.69, 9.17) is 14.2 Å². The van der Waals surface area contributed by atoms with Crippen LogP contribution in [-0.4, -0.2) is 25.5 Å². The van der Waals surface area contributed by atoms with Gasteiger partial charge in [0.1, 0.15) is 5.75 Å². The summed E-state index contributed by atoms with van der Waals surface area (Å²) in [6.07, 6.45) is 1.54. The Hall–Kier alpha value is -3.02. The van der Waals surface area contributed by atoms with Gasteiger partial charge in [-0.3, -0.25) is 4.79 Å². The van der Waals surface area contributed by atoms with Crippen molar-refractivity contribution in [2.24, 2.45) is 5.10 Å². The smallest absolute Gasteiger partial charge is 0.277 e. The van der Waals surface area contributed by atoms with Crippen LogP contribution in [0, 0.1) is 13.8 Å². The number of carbonyl (C=O) groups excluding carboxylic acids is 1. The number of rotatable bonds is 5. The minimum atomic E-state index is -0.326. The van der Waals surface area contributed by atoms with Crippen molar-refractivity contribution in [1.82, 2.24) is 5.43 Å². The number of hydrogen-bond acceptors (Lipinski definition) is 5. The van der Waals surface area contributed by atoms with Gasteiger partial charge in [-0.1, -0.05) is 12.1 Å². The van der Waals surface area contributed by atoms with Gasteiger partial charge in [0.15, 0.2) is 18.1 Å². The predicted octanol–water partition coefficient (Wildman–Crippen LogP) is 2.56. The van der Waals surface area contributed by atoms with Gasteiger partial charge < -0.3 is 14.2 Å². The third-order valence-electron chi connectivity index (χ3n) is 3.50. The third kappa shape index (κ3) is 3.84.